The van der Waals surface area contributed by atoms with Gasteiger partial charge in [-0.15, -0.1) is 0 Å². The molecule has 0 bridgehead atoms. The molecule has 0 aromatic carbocycles. The second-order valence-corrected chi connectivity index (χ2v) is 8.27. The van der Waals surface area contributed by atoms with Crippen molar-refractivity contribution in [2.75, 3.05) is 44.9 Å². The van der Waals surface area contributed by atoms with Gasteiger partial charge in [0.15, 0.2) is 21.3 Å². The fourth-order valence-electron chi connectivity index (χ4n) is 2.90. The van der Waals surface area contributed by atoms with Crippen LogP contribution in [0, 0.1) is 0 Å². The Balaban J connectivity index is 1.61. The summed E-state index contributed by atoms with van der Waals surface area (Å²) in [4.78, 5) is 16.1. The van der Waals surface area contributed by atoms with Gasteiger partial charge in [-0.05, 0) is 6.42 Å². The number of morpholine rings is 1. The Hall–Kier alpha value is -1.45. The number of amides is 1. The van der Waals surface area contributed by atoms with E-state index in [1.807, 2.05) is 0 Å². The molecule has 2 fully saturated rings. The van der Waals surface area contributed by atoms with Crippen molar-refractivity contribution in [2.45, 2.75) is 19.0 Å². The highest BCUT2D eigenvalue weighted by Gasteiger charge is 2.34. The zero-order valence-electron chi connectivity index (χ0n) is 13.1. The van der Waals surface area contributed by atoms with Crippen LogP contribution in [0.25, 0.3) is 0 Å². The number of hydrogen-bond donors (Lipinski definition) is 0. The second-order valence-electron chi connectivity index (χ2n) is 6.04. The maximum absolute atomic E-state index is 12.4. The first-order valence-corrected chi connectivity index (χ1v) is 9.50. The molecule has 3 rings (SSSR count). The van der Waals surface area contributed by atoms with Gasteiger partial charge in [0.2, 0.25) is 0 Å². The SMILES string of the molecule is CN(C(=O)c1cc(CN2CCOCC2)on1)C1CCS(=O)(=O)C1. The molecule has 1 aromatic heterocycles. The van der Waals surface area contributed by atoms with Gasteiger partial charge in [0.05, 0.1) is 31.3 Å². The summed E-state index contributed by atoms with van der Waals surface area (Å²) >= 11 is 0. The van der Waals surface area contributed by atoms with E-state index in [9.17, 15) is 13.2 Å². The molecular formula is C14H21N3O5S. The number of carbonyl (C=O) groups excluding carboxylic acids is 1. The predicted octanol–water partition coefficient (Wildman–Crippen LogP) is -0.234. The van der Waals surface area contributed by atoms with E-state index in [2.05, 4.69) is 10.1 Å². The van der Waals surface area contributed by atoms with E-state index in [4.69, 9.17) is 9.26 Å². The summed E-state index contributed by atoms with van der Waals surface area (Å²) in [5.41, 5.74) is 0.222. The third-order valence-corrected chi connectivity index (χ3v) is 6.09. The van der Waals surface area contributed by atoms with Gasteiger partial charge in [0, 0.05) is 32.2 Å². The van der Waals surface area contributed by atoms with Crippen LogP contribution >= 0.6 is 0 Å². The predicted molar refractivity (Wildman–Crippen MR) is 81.8 cm³/mol. The molecule has 1 atom stereocenters. The number of sulfone groups is 1. The molecule has 9 heteroatoms. The zero-order valence-corrected chi connectivity index (χ0v) is 13.9. The van der Waals surface area contributed by atoms with Crippen LogP contribution in [0.1, 0.15) is 22.7 Å². The van der Waals surface area contributed by atoms with Crippen molar-refractivity contribution in [1.29, 1.82) is 0 Å². The summed E-state index contributed by atoms with van der Waals surface area (Å²) in [6.45, 7) is 3.62. The van der Waals surface area contributed by atoms with Crippen molar-refractivity contribution < 1.29 is 22.5 Å². The van der Waals surface area contributed by atoms with Gasteiger partial charge >= 0.3 is 0 Å². The minimum absolute atomic E-state index is 0.0216. The van der Waals surface area contributed by atoms with Gasteiger partial charge in [0.25, 0.3) is 5.91 Å². The highest BCUT2D eigenvalue weighted by molar-refractivity contribution is 7.91. The molecule has 128 valence electrons. The summed E-state index contributed by atoms with van der Waals surface area (Å²) in [7, 11) is -1.41. The molecule has 1 unspecified atom stereocenters. The van der Waals surface area contributed by atoms with Gasteiger partial charge in [-0.2, -0.15) is 0 Å². The Morgan fingerprint density at radius 3 is 2.83 bits per heavy atom. The van der Waals surface area contributed by atoms with E-state index >= 15 is 0 Å². The van der Waals surface area contributed by atoms with Crippen molar-refractivity contribution in [3.05, 3.63) is 17.5 Å². The number of rotatable bonds is 4. The quantitative estimate of drug-likeness (QED) is 0.745. The van der Waals surface area contributed by atoms with Crippen LogP contribution in [-0.2, 0) is 21.1 Å². The average Bonchev–Trinajstić information content (AvgIpc) is 3.13. The van der Waals surface area contributed by atoms with Crippen molar-refractivity contribution in [3.63, 3.8) is 0 Å². The van der Waals surface area contributed by atoms with E-state index in [0.29, 0.717) is 31.9 Å². The number of carbonyl (C=O) groups is 1. The molecule has 0 saturated carbocycles. The lowest BCUT2D eigenvalue weighted by Gasteiger charge is -2.25. The molecule has 0 N–H and O–H groups in total. The van der Waals surface area contributed by atoms with Crippen LogP contribution < -0.4 is 0 Å². The molecule has 0 aliphatic carbocycles. The molecule has 1 aromatic rings. The van der Waals surface area contributed by atoms with Gasteiger partial charge < -0.3 is 14.2 Å². The monoisotopic (exact) mass is 343 g/mol. The van der Waals surface area contributed by atoms with Gasteiger partial charge in [-0.25, -0.2) is 8.42 Å². The third kappa shape index (κ3) is 3.91. The zero-order chi connectivity index (χ0) is 16.4. The first-order valence-electron chi connectivity index (χ1n) is 7.68. The summed E-state index contributed by atoms with van der Waals surface area (Å²) in [6.07, 6.45) is 0.475. The van der Waals surface area contributed by atoms with E-state index in [1.165, 1.54) is 4.90 Å². The van der Waals surface area contributed by atoms with E-state index < -0.39 is 9.84 Å². The van der Waals surface area contributed by atoms with Crippen LogP contribution in [0.5, 0.6) is 0 Å². The maximum Gasteiger partial charge on any atom is 0.276 e. The molecule has 1 amide bonds. The Morgan fingerprint density at radius 2 is 2.17 bits per heavy atom. The molecule has 0 radical (unpaired) electrons. The average molecular weight is 343 g/mol. The van der Waals surface area contributed by atoms with Crippen LogP contribution in [0.4, 0.5) is 0 Å². The molecule has 2 aliphatic heterocycles. The lowest BCUT2D eigenvalue weighted by atomic mass is 10.2. The first-order chi connectivity index (χ1) is 10.9. The largest absolute Gasteiger partial charge is 0.379 e. The molecule has 0 spiro atoms. The molecular weight excluding hydrogens is 322 g/mol. The summed E-state index contributed by atoms with van der Waals surface area (Å²) in [5, 5.41) is 3.84. The topological polar surface area (TPSA) is 92.9 Å². The Morgan fingerprint density at radius 1 is 1.43 bits per heavy atom. The van der Waals surface area contributed by atoms with Gasteiger partial charge in [-0.1, -0.05) is 5.16 Å². The molecule has 23 heavy (non-hydrogen) atoms. The normalized spacial score (nSPS) is 24.7. The number of hydrogen-bond acceptors (Lipinski definition) is 7. The standard InChI is InChI=1S/C14H21N3O5S/c1-16(11-2-7-23(19,20)10-11)14(18)13-8-12(22-15-13)9-17-3-5-21-6-4-17/h8,11H,2-7,9-10H2,1H3. The fraction of sp³-hybridized carbons (Fsp3) is 0.714. The number of aromatic nitrogens is 1. The highest BCUT2D eigenvalue weighted by atomic mass is 32.2. The Labute approximate surface area is 135 Å². The molecule has 2 saturated heterocycles. The summed E-state index contributed by atoms with van der Waals surface area (Å²) in [6, 6.07) is 1.35. The van der Waals surface area contributed by atoms with E-state index in [0.717, 1.165) is 13.1 Å². The fourth-order valence-corrected chi connectivity index (χ4v) is 4.67. The second kappa shape index (κ2) is 6.58. The van der Waals surface area contributed by atoms with E-state index in [-0.39, 0.29) is 29.1 Å². The lowest BCUT2D eigenvalue weighted by molar-refractivity contribution is 0.0305. The highest BCUT2D eigenvalue weighted by Crippen LogP contribution is 2.19. The summed E-state index contributed by atoms with van der Waals surface area (Å²) in [5.74, 6) is 0.483. The third-order valence-electron chi connectivity index (χ3n) is 4.34. The van der Waals surface area contributed by atoms with Crippen molar-refractivity contribution in [2.24, 2.45) is 0 Å². The number of ether oxygens (including phenoxy) is 1. The molecule has 8 nitrogen and oxygen atoms in total. The van der Waals surface area contributed by atoms with Gasteiger partial charge in [0.1, 0.15) is 0 Å². The van der Waals surface area contributed by atoms with Gasteiger partial charge in [-0.3, -0.25) is 9.69 Å². The van der Waals surface area contributed by atoms with Crippen molar-refractivity contribution >= 4 is 15.7 Å². The first kappa shape index (κ1) is 16.4. The van der Waals surface area contributed by atoms with Crippen LogP contribution in [0.3, 0.4) is 0 Å². The Kier molecular flexibility index (Phi) is 4.69. The minimum atomic E-state index is -3.03. The lowest BCUT2D eigenvalue weighted by Crippen LogP contribution is -2.38. The van der Waals surface area contributed by atoms with Crippen LogP contribution in [0.15, 0.2) is 10.6 Å². The summed E-state index contributed by atoms with van der Waals surface area (Å²) < 4.78 is 33.6. The smallest absolute Gasteiger partial charge is 0.276 e. The maximum atomic E-state index is 12.4. The Bertz CT molecular complexity index is 666. The molecule has 3 heterocycles. The number of nitrogens with zero attached hydrogens (tertiary/aromatic N) is 3. The van der Waals surface area contributed by atoms with Crippen LogP contribution in [-0.4, -0.2) is 80.2 Å². The van der Waals surface area contributed by atoms with Crippen molar-refractivity contribution in [3.8, 4) is 0 Å². The van der Waals surface area contributed by atoms with Crippen molar-refractivity contribution in [1.82, 2.24) is 15.0 Å². The minimum Gasteiger partial charge on any atom is -0.379 e. The van der Waals surface area contributed by atoms with E-state index in [1.54, 1.807) is 13.1 Å². The van der Waals surface area contributed by atoms with Crippen LogP contribution in [0.2, 0.25) is 0 Å². The molecule has 2 aliphatic rings.